The van der Waals surface area contributed by atoms with Gasteiger partial charge in [0.1, 0.15) is 10.7 Å². The van der Waals surface area contributed by atoms with E-state index in [0.29, 0.717) is 11.7 Å². The number of furan rings is 1. The van der Waals surface area contributed by atoms with Gasteiger partial charge in [0.2, 0.25) is 10.0 Å². The normalized spacial score (nSPS) is 17.9. The molecule has 3 N–H and O–H groups in total. The van der Waals surface area contributed by atoms with Gasteiger partial charge in [-0.15, -0.1) is 0 Å². The molecular formula is C11H17BrN2O3S. The van der Waals surface area contributed by atoms with Crippen LogP contribution in [0.5, 0.6) is 0 Å². The van der Waals surface area contributed by atoms with Crippen molar-refractivity contribution in [3.8, 4) is 0 Å². The van der Waals surface area contributed by atoms with Crippen LogP contribution in [0.25, 0.3) is 0 Å². The van der Waals surface area contributed by atoms with Crippen molar-refractivity contribution in [2.75, 3.05) is 0 Å². The topological polar surface area (TPSA) is 85.3 Å². The fourth-order valence-corrected chi connectivity index (χ4v) is 4.17. The zero-order chi connectivity index (χ0) is 13.3. The van der Waals surface area contributed by atoms with E-state index < -0.39 is 10.0 Å². The van der Waals surface area contributed by atoms with Crippen molar-refractivity contribution < 1.29 is 12.8 Å². The van der Waals surface area contributed by atoms with Crippen LogP contribution in [0.4, 0.5) is 0 Å². The second-order valence-electron chi connectivity index (χ2n) is 4.76. The highest BCUT2D eigenvalue weighted by Gasteiger charge is 2.28. The number of hydrogen-bond acceptors (Lipinski definition) is 4. The molecule has 0 radical (unpaired) electrons. The van der Waals surface area contributed by atoms with Crippen molar-refractivity contribution in [2.45, 2.75) is 43.7 Å². The van der Waals surface area contributed by atoms with E-state index in [-0.39, 0.29) is 22.2 Å². The highest BCUT2D eigenvalue weighted by atomic mass is 79.9. The average Bonchev–Trinajstić information content (AvgIpc) is 2.97. The smallest absolute Gasteiger partial charge is 0.245 e. The molecule has 1 saturated carbocycles. The summed E-state index contributed by atoms with van der Waals surface area (Å²) < 4.78 is 32.4. The van der Waals surface area contributed by atoms with E-state index in [9.17, 15) is 8.42 Å². The summed E-state index contributed by atoms with van der Waals surface area (Å²) in [5.74, 6) is 1.12. The first-order chi connectivity index (χ1) is 8.42. The van der Waals surface area contributed by atoms with Gasteiger partial charge >= 0.3 is 0 Å². The zero-order valence-corrected chi connectivity index (χ0v) is 12.6. The van der Waals surface area contributed by atoms with E-state index in [2.05, 4.69) is 20.7 Å². The quantitative estimate of drug-likeness (QED) is 0.831. The molecule has 0 aromatic carbocycles. The van der Waals surface area contributed by atoms with Crippen LogP contribution in [0.1, 0.15) is 31.9 Å². The van der Waals surface area contributed by atoms with E-state index in [0.717, 1.165) is 6.42 Å². The van der Waals surface area contributed by atoms with Crippen LogP contribution < -0.4 is 10.5 Å². The largest absolute Gasteiger partial charge is 0.452 e. The molecule has 18 heavy (non-hydrogen) atoms. The van der Waals surface area contributed by atoms with Crippen LogP contribution in [0.15, 0.2) is 20.0 Å². The van der Waals surface area contributed by atoms with E-state index in [4.69, 9.17) is 10.2 Å². The maximum Gasteiger partial charge on any atom is 0.245 e. The van der Waals surface area contributed by atoms with Crippen molar-refractivity contribution in [1.82, 2.24) is 4.72 Å². The minimum Gasteiger partial charge on any atom is -0.452 e. The molecule has 1 aliphatic carbocycles. The first kappa shape index (κ1) is 14.0. The highest BCUT2D eigenvalue weighted by Crippen LogP contribution is 2.34. The summed E-state index contributed by atoms with van der Waals surface area (Å²) in [6.45, 7) is 2.06. The average molecular weight is 337 g/mol. The first-order valence-electron chi connectivity index (χ1n) is 5.93. The Bertz CT molecular complexity index is 522. The lowest BCUT2D eigenvalue weighted by molar-refractivity contribution is 0.482. The fraction of sp³-hybridized carbons (Fsp3) is 0.636. The molecule has 5 nitrogen and oxygen atoms in total. The molecular weight excluding hydrogens is 320 g/mol. The number of halogens is 1. The van der Waals surface area contributed by atoms with Crippen LogP contribution in [0.2, 0.25) is 0 Å². The van der Waals surface area contributed by atoms with Gasteiger partial charge < -0.3 is 10.2 Å². The molecule has 1 atom stereocenters. The monoisotopic (exact) mass is 336 g/mol. The molecule has 0 amide bonds. The lowest BCUT2D eigenvalue weighted by Gasteiger charge is -2.12. The van der Waals surface area contributed by atoms with Crippen LogP contribution in [-0.2, 0) is 16.6 Å². The Morgan fingerprint density at radius 2 is 2.28 bits per heavy atom. The van der Waals surface area contributed by atoms with Gasteiger partial charge in [-0.25, -0.2) is 13.1 Å². The third-order valence-electron chi connectivity index (χ3n) is 2.94. The number of rotatable bonds is 6. The maximum atomic E-state index is 12.2. The molecule has 7 heteroatoms. The van der Waals surface area contributed by atoms with Gasteiger partial charge in [-0.1, -0.05) is 12.8 Å². The van der Waals surface area contributed by atoms with E-state index in [1.54, 1.807) is 0 Å². The lowest BCUT2D eigenvalue weighted by atomic mass is 10.2. The summed E-state index contributed by atoms with van der Waals surface area (Å²) in [4.78, 5) is 0.116. The molecule has 0 bridgehead atoms. The van der Waals surface area contributed by atoms with Gasteiger partial charge in [0.05, 0.1) is 6.54 Å². The van der Waals surface area contributed by atoms with Gasteiger partial charge in [0.25, 0.3) is 0 Å². The van der Waals surface area contributed by atoms with Gasteiger partial charge in [0, 0.05) is 12.1 Å². The molecule has 2 rings (SSSR count). The van der Waals surface area contributed by atoms with Gasteiger partial charge in [-0.3, -0.25) is 0 Å². The summed E-state index contributed by atoms with van der Waals surface area (Å²) in [6.07, 6.45) is 3.30. The molecule has 1 aliphatic rings. The Labute approximate surface area is 115 Å². The van der Waals surface area contributed by atoms with E-state index >= 15 is 0 Å². The molecule has 0 saturated heterocycles. The highest BCUT2D eigenvalue weighted by molar-refractivity contribution is 9.10. The predicted molar refractivity (Wildman–Crippen MR) is 71.4 cm³/mol. The molecule has 102 valence electrons. The maximum absolute atomic E-state index is 12.2. The third kappa shape index (κ3) is 3.34. The summed E-state index contributed by atoms with van der Waals surface area (Å²) in [5, 5.41) is 0. The minimum atomic E-state index is -3.54. The first-order valence-corrected chi connectivity index (χ1v) is 8.20. The Morgan fingerprint density at radius 3 is 2.78 bits per heavy atom. The van der Waals surface area contributed by atoms with Gasteiger partial charge in [0.15, 0.2) is 4.67 Å². The number of nitrogens with two attached hydrogens (primary N) is 1. The van der Waals surface area contributed by atoms with Gasteiger partial charge in [-0.05, 0) is 35.2 Å². The van der Waals surface area contributed by atoms with Crippen molar-refractivity contribution in [3.05, 3.63) is 16.5 Å². The van der Waals surface area contributed by atoms with Crippen molar-refractivity contribution in [1.29, 1.82) is 0 Å². The van der Waals surface area contributed by atoms with Crippen LogP contribution in [-0.4, -0.2) is 14.5 Å². The number of nitrogens with one attached hydrogen (secondary N) is 1. The SMILES string of the molecule is CC(CC1CC1)NS(=O)(=O)c1cc(CN)oc1Br. The van der Waals surface area contributed by atoms with Crippen LogP contribution in [0.3, 0.4) is 0 Å². The summed E-state index contributed by atoms with van der Waals surface area (Å²) >= 11 is 3.11. The standard InChI is InChI=1S/C11H17BrN2O3S/c1-7(4-8-2-3-8)14-18(15,16)10-5-9(6-13)17-11(10)12/h5,7-8,14H,2-4,6,13H2,1H3. The number of hydrogen-bond donors (Lipinski definition) is 2. The van der Waals surface area contributed by atoms with E-state index in [1.807, 2.05) is 6.92 Å². The molecule has 0 aliphatic heterocycles. The number of sulfonamides is 1. The Hall–Kier alpha value is -0.370. The van der Waals surface area contributed by atoms with Crippen molar-refractivity contribution in [3.63, 3.8) is 0 Å². The Morgan fingerprint density at radius 1 is 1.61 bits per heavy atom. The summed E-state index contributed by atoms with van der Waals surface area (Å²) in [7, 11) is -3.54. The van der Waals surface area contributed by atoms with E-state index in [1.165, 1.54) is 18.9 Å². The Kier molecular flexibility index (Phi) is 4.15. The summed E-state index contributed by atoms with van der Waals surface area (Å²) in [6, 6.07) is 1.39. The molecule has 1 fully saturated rings. The molecule has 0 spiro atoms. The van der Waals surface area contributed by atoms with Crippen LogP contribution >= 0.6 is 15.9 Å². The Balaban J connectivity index is 2.10. The third-order valence-corrected chi connectivity index (χ3v) is 5.38. The van der Waals surface area contributed by atoms with Crippen LogP contribution in [0, 0.1) is 5.92 Å². The molecule has 1 heterocycles. The molecule has 1 aromatic rings. The van der Waals surface area contributed by atoms with Gasteiger partial charge in [-0.2, -0.15) is 0 Å². The lowest BCUT2D eigenvalue weighted by Crippen LogP contribution is -2.32. The summed E-state index contributed by atoms with van der Waals surface area (Å²) in [5.41, 5.74) is 5.42. The van der Waals surface area contributed by atoms with Crippen molar-refractivity contribution in [2.24, 2.45) is 11.7 Å². The molecule has 1 unspecified atom stereocenters. The second kappa shape index (κ2) is 5.32. The van der Waals surface area contributed by atoms with Crippen molar-refractivity contribution >= 4 is 26.0 Å². The zero-order valence-electron chi connectivity index (χ0n) is 10.1. The fourth-order valence-electron chi connectivity index (χ4n) is 1.91. The predicted octanol–water partition coefficient (Wildman–Crippen LogP) is 1.97. The minimum absolute atomic E-state index is 0.0642. The second-order valence-corrected chi connectivity index (χ2v) is 7.16. The molecule has 1 aromatic heterocycles.